The van der Waals surface area contributed by atoms with E-state index < -0.39 is 0 Å². The fourth-order valence-electron chi connectivity index (χ4n) is 2.94. The molecule has 4 nitrogen and oxygen atoms in total. The first kappa shape index (κ1) is 15.6. The number of carbonyl (C=O) groups excluding carboxylic acids is 1. The molecule has 1 amide bonds. The summed E-state index contributed by atoms with van der Waals surface area (Å²) in [6.07, 6.45) is 3.76. The predicted molar refractivity (Wildman–Crippen MR) is 91.5 cm³/mol. The van der Waals surface area contributed by atoms with E-state index in [0.717, 1.165) is 42.9 Å². The van der Waals surface area contributed by atoms with E-state index in [9.17, 15) is 4.79 Å². The molecular formula is C19H22N2O2. The van der Waals surface area contributed by atoms with Crippen molar-refractivity contribution in [3.63, 3.8) is 0 Å². The Balaban J connectivity index is 1.58. The predicted octanol–water partition coefficient (Wildman–Crippen LogP) is 3.93. The van der Waals surface area contributed by atoms with Crippen LogP contribution in [0.15, 0.2) is 54.6 Å². The maximum Gasteiger partial charge on any atom is 0.227 e. The normalized spacial score (nSPS) is 20.7. The first-order chi connectivity index (χ1) is 11.2. The van der Waals surface area contributed by atoms with Crippen molar-refractivity contribution in [2.45, 2.75) is 31.7 Å². The van der Waals surface area contributed by atoms with Crippen molar-refractivity contribution < 1.29 is 9.53 Å². The number of rotatable bonds is 4. The van der Waals surface area contributed by atoms with Crippen molar-refractivity contribution in [2.24, 2.45) is 11.7 Å². The third-order valence-corrected chi connectivity index (χ3v) is 4.19. The van der Waals surface area contributed by atoms with Gasteiger partial charge < -0.3 is 15.8 Å². The fourth-order valence-corrected chi connectivity index (χ4v) is 2.94. The van der Waals surface area contributed by atoms with E-state index in [1.54, 1.807) is 0 Å². The maximum absolute atomic E-state index is 12.3. The number of carbonyl (C=O) groups is 1. The monoisotopic (exact) mass is 310 g/mol. The molecule has 0 radical (unpaired) electrons. The number of para-hydroxylation sites is 1. The first-order valence-corrected chi connectivity index (χ1v) is 8.10. The first-order valence-electron chi connectivity index (χ1n) is 8.10. The molecule has 0 bridgehead atoms. The van der Waals surface area contributed by atoms with Gasteiger partial charge in [0.25, 0.3) is 0 Å². The molecule has 1 saturated carbocycles. The second kappa shape index (κ2) is 7.29. The minimum atomic E-state index is 0.0268. The lowest BCUT2D eigenvalue weighted by Gasteiger charge is -2.25. The summed E-state index contributed by atoms with van der Waals surface area (Å²) < 4.78 is 5.74. The van der Waals surface area contributed by atoms with Crippen molar-refractivity contribution in [3.05, 3.63) is 54.6 Å². The van der Waals surface area contributed by atoms with Gasteiger partial charge in [-0.1, -0.05) is 24.6 Å². The summed E-state index contributed by atoms with van der Waals surface area (Å²) in [6, 6.07) is 17.2. The molecule has 2 aromatic rings. The molecule has 3 N–H and O–H groups in total. The summed E-state index contributed by atoms with van der Waals surface area (Å²) in [6.45, 7) is 0. The van der Waals surface area contributed by atoms with Crippen LogP contribution in [0, 0.1) is 5.92 Å². The highest BCUT2D eigenvalue weighted by atomic mass is 16.5. The van der Waals surface area contributed by atoms with Gasteiger partial charge in [-0.05, 0) is 55.7 Å². The van der Waals surface area contributed by atoms with Crippen molar-refractivity contribution in [3.8, 4) is 11.5 Å². The largest absolute Gasteiger partial charge is 0.457 e. The number of nitrogens with two attached hydrogens (primary N) is 1. The quantitative estimate of drug-likeness (QED) is 0.899. The van der Waals surface area contributed by atoms with Crippen LogP contribution >= 0.6 is 0 Å². The summed E-state index contributed by atoms with van der Waals surface area (Å²) >= 11 is 0. The number of amides is 1. The van der Waals surface area contributed by atoms with E-state index in [1.165, 1.54) is 0 Å². The van der Waals surface area contributed by atoms with Gasteiger partial charge >= 0.3 is 0 Å². The molecule has 2 atom stereocenters. The highest BCUT2D eigenvalue weighted by Gasteiger charge is 2.25. The van der Waals surface area contributed by atoms with Gasteiger partial charge in [0.15, 0.2) is 0 Å². The van der Waals surface area contributed by atoms with Crippen molar-refractivity contribution in [1.82, 2.24) is 0 Å². The molecule has 2 aromatic carbocycles. The van der Waals surface area contributed by atoms with Gasteiger partial charge in [-0.15, -0.1) is 0 Å². The average Bonchev–Trinajstić information content (AvgIpc) is 2.57. The summed E-state index contributed by atoms with van der Waals surface area (Å²) in [7, 11) is 0. The second-order valence-corrected chi connectivity index (χ2v) is 6.05. The maximum atomic E-state index is 12.3. The van der Waals surface area contributed by atoms with E-state index in [2.05, 4.69) is 5.32 Å². The minimum absolute atomic E-state index is 0.0268. The van der Waals surface area contributed by atoms with E-state index in [0.29, 0.717) is 0 Å². The van der Waals surface area contributed by atoms with E-state index in [4.69, 9.17) is 10.5 Å². The second-order valence-electron chi connectivity index (χ2n) is 6.05. The fraction of sp³-hybridized carbons (Fsp3) is 0.316. The Morgan fingerprint density at radius 2 is 1.70 bits per heavy atom. The smallest absolute Gasteiger partial charge is 0.227 e. The molecule has 1 aliphatic rings. The SMILES string of the molecule is NC1CCCC(C(=O)Nc2ccc(Oc3ccccc3)cc2)C1. The van der Waals surface area contributed by atoms with Gasteiger partial charge in [-0.3, -0.25) is 4.79 Å². The number of benzene rings is 2. The third kappa shape index (κ3) is 4.33. The van der Waals surface area contributed by atoms with Gasteiger partial charge in [-0.2, -0.15) is 0 Å². The van der Waals surface area contributed by atoms with Crippen LogP contribution in [-0.2, 0) is 4.79 Å². The Labute approximate surface area is 136 Å². The molecule has 23 heavy (non-hydrogen) atoms. The number of anilines is 1. The van der Waals surface area contributed by atoms with E-state index >= 15 is 0 Å². The highest BCUT2D eigenvalue weighted by Crippen LogP contribution is 2.26. The lowest BCUT2D eigenvalue weighted by atomic mass is 9.85. The highest BCUT2D eigenvalue weighted by molar-refractivity contribution is 5.92. The van der Waals surface area contributed by atoms with E-state index in [-0.39, 0.29) is 17.9 Å². The van der Waals surface area contributed by atoms with Crippen LogP contribution in [0.4, 0.5) is 5.69 Å². The van der Waals surface area contributed by atoms with Crippen molar-refractivity contribution in [2.75, 3.05) is 5.32 Å². The van der Waals surface area contributed by atoms with Crippen LogP contribution in [-0.4, -0.2) is 11.9 Å². The van der Waals surface area contributed by atoms with Crippen LogP contribution in [0.25, 0.3) is 0 Å². The molecule has 4 heteroatoms. The van der Waals surface area contributed by atoms with E-state index in [1.807, 2.05) is 54.6 Å². The number of hydrogen-bond acceptors (Lipinski definition) is 3. The molecule has 1 fully saturated rings. The zero-order valence-electron chi connectivity index (χ0n) is 13.1. The summed E-state index contributed by atoms with van der Waals surface area (Å²) in [5, 5.41) is 2.97. The summed E-state index contributed by atoms with van der Waals surface area (Å²) in [5.41, 5.74) is 6.74. The topological polar surface area (TPSA) is 64.4 Å². The van der Waals surface area contributed by atoms with Crippen LogP contribution in [0.5, 0.6) is 11.5 Å². The third-order valence-electron chi connectivity index (χ3n) is 4.19. The van der Waals surface area contributed by atoms with Crippen LogP contribution in [0.1, 0.15) is 25.7 Å². The van der Waals surface area contributed by atoms with Crippen LogP contribution in [0.3, 0.4) is 0 Å². The average molecular weight is 310 g/mol. The van der Waals surface area contributed by atoms with Gasteiger partial charge in [0.1, 0.15) is 11.5 Å². The zero-order chi connectivity index (χ0) is 16.1. The number of hydrogen-bond donors (Lipinski definition) is 2. The van der Waals surface area contributed by atoms with Gasteiger partial charge in [0, 0.05) is 17.6 Å². The van der Waals surface area contributed by atoms with Crippen molar-refractivity contribution >= 4 is 11.6 Å². The van der Waals surface area contributed by atoms with Crippen LogP contribution < -0.4 is 15.8 Å². The molecule has 1 aliphatic carbocycles. The molecular weight excluding hydrogens is 288 g/mol. The Kier molecular flexibility index (Phi) is 4.93. The van der Waals surface area contributed by atoms with Crippen molar-refractivity contribution in [1.29, 1.82) is 0 Å². The lowest BCUT2D eigenvalue weighted by molar-refractivity contribution is -0.120. The summed E-state index contributed by atoms with van der Waals surface area (Å²) in [4.78, 5) is 12.3. The number of nitrogens with one attached hydrogen (secondary N) is 1. The molecule has 0 saturated heterocycles. The standard InChI is InChI=1S/C19H22N2O2/c20-15-6-4-5-14(13-15)19(22)21-16-9-11-18(12-10-16)23-17-7-2-1-3-8-17/h1-3,7-12,14-15H,4-6,13,20H2,(H,21,22). The zero-order valence-corrected chi connectivity index (χ0v) is 13.1. The van der Waals surface area contributed by atoms with Gasteiger partial charge in [0.2, 0.25) is 5.91 Å². The lowest BCUT2D eigenvalue weighted by Crippen LogP contribution is -2.34. The molecule has 0 heterocycles. The molecule has 0 aromatic heterocycles. The Morgan fingerprint density at radius 3 is 2.39 bits per heavy atom. The Bertz CT molecular complexity index is 640. The van der Waals surface area contributed by atoms with Crippen LogP contribution in [0.2, 0.25) is 0 Å². The van der Waals surface area contributed by atoms with Gasteiger partial charge in [0.05, 0.1) is 0 Å². The molecule has 0 spiro atoms. The molecule has 0 aliphatic heterocycles. The Morgan fingerprint density at radius 1 is 1.00 bits per heavy atom. The Hall–Kier alpha value is -2.33. The molecule has 2 unspecified atom stereocenters. The van der Waals surface area contributed by atoms with Gasteiger partial charge in [-0.25, -0.2) is 0 Å². The molecule has 120 valence electrons. The minimum Gasteiger partial charge on any atom is -0.457 e. The summed E-state index contributed by atoms with van der Waals surface area (Å²) in [5.74, 6) is 1.63. The molecule has 3 rings (SSSR count). The number of ether oxygens (including phenoxy) is 1.